The average molecular weight is 286 g/mol. The third-order valence-corrected chi connectivity index (χ3v) is 5.61. The van der Waals surface area contributed by atoms with E-state index in [1.165, 1.54) is 43.1 Å². The Labute approximate surface area is 125 Å². The van der Waals surface area contributed by atoms with Gasteiger partial charge in [0.1, 0.15) is 0 Å². The van der Waals surface area contributed by atoms with Gasteiger partial charge in [-0.25, -0.2) is 0 Å². The van der Waals surface area contributed by atoms with E-state index in [-0.39, 0.29) is 6.04 Å². The molecule has 0 aliphatic heterocycles. The number of fused-ring (bicyclic) bond motifs is 1. The molecule has 1 aromatic heterocycles. The van der Waals surface area contributed by atoms with Crippen molar-refractivity contribution in [3.05, 3.63) is 42.1 Å². The van der Waals surface area contributed by atoms with Crippen molar-refractivity contribution in [2.24, 2.45) is 5.73 Å². The first-order valence-corrected chi connectivity index (χ1v) is 8.60. The maximum Gasteiger partial charge on any atom is 0.0702 e. The number of aromatic nitrogens is 1. The van der Waals surface area contributed by atoms with Crippen molar-refractivity contribution in [2.45, 2.75) is 43.4 Å². The van der Waals surface area contributed by atoms with Gasteiger partial charge in [-0.15, -0.1) is 0 Å². The maximum absolute atomic E-state index is 6.36. The van der Waals surface area contributed by atoms with Gasteiger partial charge in [0.2, 0.25) is 0 Å². The molecule has 0 amide bonds. The third-order valence-electron chi connectivity index (χ3n) is 4.12. The molecule has 106 valence electrons. The van der Waals surface area contributed by atoms with E-state index in [0.29, 0.717) is 0 Å². The molecule has 0 radical (unpaired) electrons. The normalized spacial score (nSPS) is 18.2. The van der Waals surface area contributed by atoms with Gasteiger partial charge in [-0.05, 0) is 36.6 Å². The van der Waals surface area contributed by atoms with Gasteiger partial charge in [-0.3, -0.25) is 4.98 Å². The van der Waals surface area contributed by atoms with E-state index < -0.39 is 0 Å². The molecule has 1 aliphatic carbocycles. The SMILES string of the molecule is NC(CSC1CCCCC1)c1ccc2ncccc2c1. The quantitative estimate of drug-likeness (QED) is 0.910. The van der Waals surface area contributed by atoms with Gasteiger partial charge in [0.15, 0.2) is 0 Å². The van der Waals surface area contributed by atoms with Crippen LogP contribution >= 0.6 is 11.8 Å². The fraction of sp³-hybridized carbons (Fsp3) is 0.471. The largest absolute Gasteiger partial charge is 0.323 e. The number of hydrogen-bond donors (Lipinski definition) is 1. The predicted molar refractivity (Wildman–Crippen MR) is 88.0 cm³/mol. The summed E-state index contributed by atoms with van der Waals surface area (Å²) in [5.41, 5.74) is 8.64. The number of thioether (sulfide) groups is 1. The van der Waals surface area contributed by atoms with Crippen LogP contribution in [0.2, 0.25) is 0 Å². The fourth-order valence-corrected chi connectivity index (χ4v) is 4.23. The van der Waals surface area contributed by atoms with E-state index in [2.05, 4.69) is 41.0 Å². The molecule has 0 spiro atoms. The number of nitrogens with two attached hydrogens (primary N) is 1. The second-order valence-corrected chi connectivity index (χ2v) is 6.99. The molecular formula is C17H22N2S. The van der Waals surface area contributed by atoms with Gasteiger partial charge in [0.25, 0.3) is 0 Å². The minimum absolute atomic E-state index is 0.131. The molecule has 20 heavy (non-hydrogen) atoms. The highest BCUT2D eigenvalue weighted by Gasteiger charge is 2.16. The van der Waals surface area contributed by atoms with E-state index in [1.807, 2.05) is 12.3 Å². The van der Waals surface area contributed by atoms with Crippen molar-refractivity contribution in [2.75, 3.05) is 5.75 Å². The summed E-state index contributed by atoms with van der Waals surface area (Å²) in [5.74, 6) is 1.02. The molecule has 1 aromatic carbocycles. The van der Waals surface area contributed by atoms with Crippen molar-refractivity contribution in [1.29, 1.82) is 0 Å². The molecule has 2 N–H and O–H groups in total. The summed E-state index contributed by atoms with van der Waals surface area (Å²) in [5, 5.41) is 2.01. The molecule has 1 aliphatic rings. The molecule has 0 bridgehead atoms. The Morgan fingerprint density at radius 3 is 2.90 bits per heavy atom. The molecule has 1 unspecified atom stereocenters. The highest BCUT2D eigenvalue weighted by molar-refractivity contribution is 7.99. The molecule has 2 aromatic rings. The topological polar surface area (TPSA) is 38.9 Å². The van der Waals surface area contributed by atoms with Gasteiger partial charge in [-0.1, -0.05) is 31.4 Å². The van der Waals surface area contributed by atoms with Gasteiger partial charge in [0.05, 0.1) is 5.52 Å². The van der Waals surface area contributed by atoms with Gasteiger partial charge < -0.3 is 5.73 Å². The summed E-state index contributed by atoms with van der Waals surface area (Å²) in [4.78, 5) is 4.36. The minimum atomic E-state index is 0.131. The third kappa shape index (κ3) is 3.33. The van der Waals surface area contributed by atoms with Crippen LogP contribution in [0.15, 0.2) is 36.5 Å². The van der Waals surface area contributed by atoms with E-state index in [9.17, 15) is 0 Å². The minimum Gasteiger partial charge on any atom is -0.323 e. The Bertz CT molecular complexity index is 564. The predicted octanol–water partition coefficient (Wildman–Crippen LogP) is 4.30. The van der Waals surface area contributed by atoms with E-state index in [4.69, 9.17) is 5.73 Å². The van der Waals surface area contributed by atoms with Crippen molar-refractivity contribution in [1.82, 2.24) is 4.98 Å². The van der Waals surface area contributed by atoms with Crippen LogP contribution in [-0.2, 0) is 0 Å². The number of benzene rings is 1. The lowest BCUT2D eigenvalue weighted by Crippen LogP contribution is -2.17. The molecule has 1 heterocycles. The molecule has 2 nitrogen and oxygen atoms in total. The lowest BCUT2D eigenvalue weighted by atomic mass is 10.0. The zero-order valence-electron chi connectivity index (χ0n) is 11.8. The van der Waals surface area contributed by atoms with Crippen molar-refractivity contribution in [3.63, 3.8) is 0 Å². The summed E-state index contributed by atoms with van der Waals surface area (Å²) in [6.07, 6.45) is 8.79. The van der Waals surface area contributed by atoms with Crippen molar-refractivity contribution >= 4 is 22.7 Å². The average Bonchev–Trinajstić information content (AvgIpc) is 2.53. The number of pyridine rings is 1. The molecular weight excluding hydrogens is 264 g/mol. The first-order valence-electron chi connectivity index (χ1n) is 7.55. The van der Waals surface area contributed by atoms with Crippen LogP contribution in [0, 0.1) is 0 Å². The zero-order valence-corrected chi connectivity index (χ0v) is 12.6. The fourth-order valence-electron chi connectivity index (χ4n) is 2.89. The molecule has 1 fully saturated rings. The Hall–Kier alpha value is -1.06. The first-order chi connectivity index (χ1) is 9.83. The lowest BCUT2D eigenvalue weighted by Gasteiger charge is -2.22. The maximum atomic E-state index is 6.36. The van der Waals surface area contributed by atoms with Crippen LogP contribution in [0.25, 0.3) is 10.9 Å². The Balaban J connectivity index is 1.64. The lowest BCUT2D eigenvalue weighted by molar-refractivity contribution is 0.515. The van der Waals surface area contributed by atoms with E-state index in [0.717, 1.165) is 16.5 Å². The Morgan fingerprint density at radius 1 is 1.20 bits per heavy atom. The highest BCUT2D eigenvalue weighted by atomic mass is 32.2. The first kappa shape index (κ1) is 13.9. The molecule has 3 heteroatoms. The van der Waals surface area contributed by atoms with Crippen LogP contribution < -0.4 is 5.73 Å². The molecule has 1 saturated carbocycles. The summed E-state index contributed by atoms with van der Waals surface area (Å²) in [6.45, 7) is 0. The van der Waals surface area contributed by atoms with Crippen LogP contribution in [0.4, 0.5) is 0 Å². The van der Waals surface area contributed by atoms with Crippen LogP contribution in [-0.4, -0.2) is 16.0 Å². The zero-order chi connectivity index (χ0) is 13.8. The van der Waals surface area contributed by atoms with Gasteiger partial charge >= 0.3 is 0 Å². The summed E-state index contributed by atoms with van der Waals surface area (Å²) in [6, 6.07) is 10.6. The van der Waals surface area contributed by atoms with Crippen molar-refractivity contribution in [3.8, 4) is 0 Å². The summed E-state index contributed by atoms with van der Waals surface area (Å²) in [7, 11) is 0. The molecule has 3 rings (SSSR count). The van der Waals surface area contributed by atoms with Crippen molar-refractivity contribution < 1.29 is 0 Å². The smallest absolute Gasteiger partial charge is 0.0702 e. The van der Waals surface area contributed by atoms with Crippen LogP contribution in [0.5, 0.6) is 0 Å². The number of hydrogen-bond acceptors (Lipinski definition) is 3. The van der Waals surface area contributed by atoms with E-state index >= 15 is 0 Å². The van der Waals surface area contributed by atoms with Gasteiger partial charge in [0, 0.05) is 28.6 Å². The standard InChI is InChI=1S/C17H22N2S/c18-16(12-20-15-6-2-1-3-7-15)13-8-9-17-14(11-13)5-4-10-19-17/h4-5,8-11,15-16H,1-3,6-7,12,18H2. The monoisotopic (exact) mass is 286 g/mol. The Morgan fingerprint density at radius 2 is 2.05 bits per heavy atom. The van der Waals surface area contributed by atoms with E-state index in [1.54, 1.807) is 0 Å². The summed E-state index contributed by atoms with van der Waals surface area (Å²) >= 11 is 2.07. The number of rotatable bonds is 4. The summed E-state index contributed by atoms with van der Waals surface area (Å²) < 4.78 is 0. The Kier molecular flexibility index (Phi) is 4.58. The van der Waals surface area contributed by atoms with Crippen LogP contribution in [0.1, 0.15) is 43.7 Å². The number of nitrogens with zero attached hydrogens (tertiary/aromatic N) is 1. The molecule has 0 saturated heterocycles. The van der Waals surface area contributed by atoms with Crippen LogP contribution in [0.3, 0.4) is 0 Å². The second-order valence-electron chi connectivity index (χ2n) is 5.66. The highest BCUT2D eigenvalue weighted by Crippen LogP contribution is 2.30. The second kappa shape index (κ2) is 6.59. The van der Waals surface area contributed by atoms with Gasteiger partial charge in [-0.2, -0.15) is 11.8 Å². The molecule has 1 atom stereocenters.